The van der Waals surface area contributed by atoms with Gasteiger partial charge < -0.3 is 15.4 Å². The van der Waals surface area contributed by atoms with Gasteiger partial charge in [-0.2, -0.15) is 0 Å². The van der Waals surface area contributed by atoms with Gasteiger partial charge in [0.05, 0.1) is 18.7 Å². The molecule has 2 rings (SSSR count). The molecular formula is C11H21ClN2O2. The Kier molecular flexibility index (Phi) is 6.09. The van der Waals surface area contributed by atoms with E-state index in [9.17, 15) is 4.79 Å². The van der Waals surface area contributed by atoms with E-state index in [2.05, 4.69) is 10.6 Å². The maximum atomic E-state index is 11.8. The second kappa shape index (κ2) is 7.09. The van der Waals surface area contributed by atoms with E-state index >= 15 is 0 Å². The van der Waals surface area contributed by atoms with Crippen molar-refractivity contribution in [3.05, 3.63) is 0 Å². The molecule has 2 unspecified atom stereocenters. The average Bonchev–Trinajstić information content (AvgIpc) is 2.31. The van der Waals surface area contributed by atoms with Crippen LogP contribution in [0.1, 0.15) is 32.1 Å². The van der Waals surface area contributed by atoms with Gasteiger partial charge in [0, 0.05) is 6.61 Å². The first-order valence-corrected chi connectivity index (χ1v) is 5.98. The van der Waals surface area contributed by atoms with Gasteiger partial charge in [-0.25, -0.2) is 0 Å². The molecule has 2 fully saturated rings. The number of piperidine rings is 1. The van der Waals surface area contributed by atoms with Gasteiger partial charge in [0.25, 0.3) is 0 Å². The van der Waals surface area contributed by atoms with Gasteiger partial charge >= 0.3 is 0 Å². The van der Waals surface area contributed by atoms with E-state index in [1.165, 1.54) is 6.42 Å². The lowest BCUT2D eigenvalue weighted by Gasteiger charge is -2.27. The van der Waals surface area contributed by atoms with Crippen molar-refractivity contribution in [2.24, 2.45) is 0 Å². The maximum absolute atomic E-state index is 11.8. The van der Waals surface area contributed by atoms with Crippen molar-refractivity contribution in [2.45, 2.75) is 44.2 Å². The van der Waals surface area contributed by atoms with Gasteiger partial charge in [0.1, 0.15) is 0 Å². The first-order valence-electron chi connectivity index (χ1n) is 5.98. The van der Waals surface area contributed by atoms with E-state index in [0.29, 0.717) is 6.61 Å². The summed E-state index contributed by atoms with van der Waals surface area (Å²) in [6, 6.07) is 0.260. The second-order valence-electron chi connectivity index (χ2n) is 4.43. The summed E-state index contributed by atoms with van der Waals surface area (Å²) < 4.78 is 5.34. The molecule has 0 spiro atoms. The Morgan fingerprint density at radius 1 is 1.25 bits per heavy atom. The van der Waals surface area contributed by atoms with Crippen molar-refractivity contribution in [1.29, 1.82) is 0 Å². The number of nitrogens with one attached hydrogen (secondary N) is 2. The van der Waals surface area contributed by atoms with Gasteiger partial charge in [-0.05, 0) is 32.2 Å². The van der Waals surface area contributed by atoms with Crippen LogP contribution in [0, 0.1) is 0 Å². The zero-order valence-electron chi connectivity index (χ0n) is 9.54. The van der Waals surface area contributed by atoms with E-state index in [1.54, 1.807) is 0 Å². The van der Waals surface area contributed by atoms with Crippen molar-refractivity contribution in [2.75, 3.05) is 19.8 Å². The lowest BCUT2D eigenvalue weighted by Crippen LogP contribution is -2.51. The largest absolute Gasteiger partial charge is 0.379 e. The number of hydrogen-bond acceptors (Lipinski definition) is 3. The monoisotopic (exact) mass is 248 g/mol. The molecular weight excluding hydrogens is 228 g/mol. The van der Waals surface area contributed by atoms with E-state index in [0.717, 1.165) is 38.8 Å². The number of hydrogen-bond donors (Lipinski definition) is 2. The molecule has 94 valence electrons. The predicted octanol–water partition coefficient (Wildman–Crippen LogP) is 0.845. The van der Waals surface area contributed by atoms with Gasteiger partial charge in [0.2, 0.25) is 5.91 Å². The molecule has 2 atom stereocenters. The second-order valence-corrected chi connectivity index (χ2v) is 4.43. The fourth-order valence-corrected chi connectivity index (χ4v) is 2.23. The number of amides is 1. The predicted molar refractivity (Wildman–Crippen MR) is 64.9 cm³/mol. The molecule has 5 heteroatoms. The first-order chi connectivity index (χ1) is 7.36. The molecule has 0 aromatic heterocycles. The van der Waals surface area contributed by atoms with Gasteiger partial charge in [0.15, 0.2) is 0 Å². The standard InChI is InChI=1S/C11H20N2O2.ClH/c14-11(10-5-1-2-6-12-10)13-9-4-3-7-15-8-9;/h9-10,12H,1-8H2,(H,13,14);1H. The molecule has 0 saturated carbocycles. The molecule has 16 heavy (non-hydrogen) atoms. The number of ether oxygens (including phenoxy) is 1. The zero-order chi connectivity index (χ0) is 10.5. The van der Waals surface area contributed by atoms with E-state index in [1.807, 2.05) is 0 Å². The van der Waals surface area contributed by atoms with Crippen molar-refractivity contribution in [3.63, 3.8) is 0 Å². The Hall–Kier alpha value is -0.320. The van der Waals surface area contributed by atoms with Crippen LogP contribution >= 0.6 is 12.4 Å². The fraction of sp³-hybridized carbons (Fsp3) is 0.909. The quantitative estimate of drug-likeness (QED) is 0.762. The Balaban J connectivity index is 0.00000128. The molecule has 2 aliphatic heterocycles. The lowest BCUT2D eigenvalue weighted by molar-refractivity contribution is -0.125. The van der Waals surface area contributed by atoms with Crippen LogP contribution in [-0.2, 0) is 9.53 Å². The molecule has 0 aliphatic carbocycles. The Bertz CT molecular complexity index is 214. The van der Waals surface area contributed by atoms with Crippen molar-refractivity contribution >= 4 is 18.3 Å². The summed E-state index contributed by atoms with van der Waals surface area (Å²) in [5.41, 5.74) is 0. The van der Waals surface area contributed by atoms with Crippen LogP contribution in [0.3, 0.4) is 0 Å². The maximum Gasteiger partial charge on any atom is 0.237 e. The molecule has 2 N–H and O–H groups in total. The summed E-state index contributed by atoms with van der Waals surface area (Å²) in [7, 11) is 0. The number of rotatable bonds is 2. The third-order valence-electron chi connectivity index (χ3n) is 3.13. The average molecular weight is 249 g/mol. The van der Waals surface area contributed by atoms with Crippen LogP contribution < -0.4 is 10.6 Å². The molecule has 2 heterocycles. The van der Waals surface area contributed by atoms with Crippen LogP contribution in [0.5, 0.6) is 0 Å². The number of carbonyl (C=O) groups excluding carboxylic acids is 1. The summed E-state index contributed by atoms with van der Waals surface area (Å²) in [6.07, 6.45) is 5.43. The van der Waals surface area contributed by atoms with Crippen LogP contribution in [0.4, 0.5) is 0 Å². The molecule has 4 nitrogen and oxygen atoms in total. The topological polar surface area (TPSA) is 50.4 Å². The smallest absolute Gasteiger partial charge is 0.237 e. The molecule has 0 aromatic rings. The Morgan fingerprint density at radius 2 is 2.12 bits per heavy atom. The highest BCUT2D eigenvalue weighted by atomic mass is 35.5. The van der Waals surface area contributed by atoms with E-state index in [4.69, 9.17) is 4.74 Å². The highest BCUT2D eigenvalue weighted by molar-refractivity contribution is 5.85. The third kappa shape index (κ3) is 3.92. The SMILES string of the molecule is Cl.O=C(NC1CCCOC1)C1CCCCN1. The summed E-state index contributed by atoms with van der Waals surface area (Å²) >= 11 is 0. The molecule has 2 saturated heterocycles. The minimum atomic E-state index is 0. The Morgan fingerprint density at radius 3 is 2.75 bits per heavy atom. The van der Waals surface area contributed by atoms with Crippen molar-refractivity contribution in [3.8, 4) is 0 Å². The highest BCUT2D eigenvalue weighted by Gasteiger charge is 2.23. The summed E-state index contributed by atoms with van der Waals surface area (Å²) in [4.78, 5) is 11.8. The molecule has 0 bridgehead atoms. The Labute approximate surface area is 103 Å². The molecule has 0 radical (unpaired) electrons. The van der Waals surface area contributed by atoms with Gasteiger partial charge in [-0.3, -0.25) is 4.79 Å². The molecule has 2 aliphatic rings. The van der Waals surface area contributed by atoms with E-state index < -0.39 is 0 Å². The number of carbonyl (C=O) groups is 1. The highest BCUT2D eigenvalue weighted by Crippen LogP contribution is 2.09. The normalized spacial score (nSPS) is 30.2. The molecule has 0 aromatic carbocycles. The zero-order valence-corrected chi connectivity index (χ0v) is 10.4. The summed E-state index contributed by atoms with van der Waals surface area (Å²) in [5.74, 6) is 0.158. The van der Waals surface area contributed by atoms with Crippen molar-refractivity contribution < 1.29 is 9.53 Å². The van der Waals surface area contributed by atoms with Crippen LogP contribution in [0.25, 0.3) is 0 Å². The van der Waals surface area contributed by atoms with Gasteiger partial charge in [-0.15, -0.1) is 12.4 Å². The van der Waals surface area contributed by atoms with Crippen molar-refractivity contribution in [1.82, 2.24) is 10.6 Å². The van der Waals surface area contributed by atoms with Crippen LogP contribution in [0.2, 0.25) is 0 Å². The minimum absolute atomic E-state index is 0. The lowest BCUT2D eigenvalue weighted by atomic mass is 10.0. The third-order valence-corrected chi connectivity index (χ3v) is 3.13. The summed E-state index contributed by atoms with van der Waals surface area (Å²) in [5, 5.41) is 6.32. The first kappa shape index (κ1) is 13.7. The fourth-order valence-electron chi connectivity index (χ4n) is 2.23. The van der Waals surface area contributed by atoms with E-state index in [-0.39, 0.29) is 30.4 Å². The minimum Gasteiger partial charge on any atom is -0.379 e. The van der Waals surface area contributed by atoms with Gasteiger partial charge in [-0.1, -0.05) is 6.42 Å². The van der Waals surface area contributed by atoms with Crippen LogP contribution in [0.15, 0.2) is 0 Å². The summed E-state index contributed by atoms with van der Waals surface area (Å²) in [6.45, 7) is 2.49. The molecule has 1 amide bonds. The number of halogens is 1. The van der Waals surface area contributed by atoms with Crippen LogP contribution in [-0.4, -0.2) is 37.7 Å².